The number of rotatable bonds is 2. The third-order valence-corrected chi connectivity index (χ3v) is 2.71. The van der Waals surface area contributed by atoms with Gasteiger partial charge in [0.15, 0.2) is 0 Å². The van der Waals surface area contributed by atoms with Crippen LogP contribution in [-0.4, -0.2) is 10.9 Å². The van der Waals surface area contributed by atoms with Gasteiger partial charge in [-0.15, -0.1) is 0 Å². The molecule has 0 aliphatic carbocycles. The lowest BCUT2D eigenvalue weighted by atomic mass is 10.2. The van der Waals surface area contributed by atoms with Crippen LogP contribution in [0.2, 0.25) is 0 Å². The molecule has 0 fully saturated rings. The maximum Gasteiger partial charge on any atom is 0.150 e. The molecule has 0 N–H and O–H groups in total. The lowest BCUT2D eigenvalue weighted by Gasteiger charge is -2.12. The second-order valence-corrected chi connectivity index (χ2v) is 4.19. The number of hydrogen-bond acceptors (Lipinski definition) is 1. The van der Waals surface area contributed by atoms with E-state index >= 15 is 0 Å². The first-order valence-electron chi connectivity index (χ1n) is 5.20. The van der Waals surface area contributed by atoms with E-state index < -0.39 is 0 Å². The van der Waals surface area contributed by atoms with Gasteiger partial charge in [0.1, 0.15) is 6.29 Å². The number of aldehydes is 1. The summed E-state index contributed by atoms with van der Waals surface area (Å²) in [4.78, 5) is 10.7. The summed E-state index contributed by atoms with van der Waals surface area (Å²) in [6, 6.07) is 8.40. The highest BCUT2D eigenvalue weighted by Gasteiger charge is 2.08. The van der Waals surface area contributed by atoms with Crippen molar-refractivity contribution in [2.24, 2.45) is 0 Å². The largest absolute Gasteiger partial charge is 0.342 e. The van der Waals surface area contributed by atoms with Gasteiger partial charge in [-0.1, -0.05) is 12.1 Å². The first kappa shape index (κ1) is 9.97. The second kappa shape index (κ2) is 3.54. The zero-order valence-corrected chi connectivity index (χ0v) is 9.32. The van der Waals surface area contributed by atoms with E-state index in [1.807, 2.05) is 18.2 Å². The molecule has 2 nitrogen and oxygen atoms in total. The van der Waals surface area contributed by atoms with Gasteiger partial charge in [-0.25, -0.2) is 0 Å². The minimum absolute atomic E-state index is 0.421. The van der Waals surface area contributed by atoms with Crippen LogP contribution in [0.5, 0.6) is 0 Å². The van der Waals surface area contributed by atoms with Gasteiger partial charge in [-0.2, -0.15) is 0 Å². The van der Waals surface area contributed by atoms with Crippen LogP contribution in [0.15, 0.2) is 24.3 Å². The number of aryl methyl sites for hydroxylation is 1. The molecule has 0 amide bonds. The van der Waals surface area contributed by atoms with Crippen LogP contribution in [-0.2, 0) is 0 Å². The van der Waals surface area contributed by atoms with Crippen molar-refractivity contribution < 1.29 is 4.79 Å². The van der Waals surface area contributed by atoms with Gasteiger partial charge in [0.05, 0.1) is 0 Å². The molecule has 1 aromatic heterocycles. The van der Waals surface area contributed by atoms with Gasteiger partial charge >= 0.3 is 0 Å². The van der Waals surface area contributed by atoms with Gasteiger partial charge in [-0.05, 0) is 38.3 Å². The fraction of sp³-hybridized carbons (Fsp3) is 0.308. The maximum absolute atomic E-state index is 10.7. The molecule has 2 aromatic rings. The SMILES string of the molecule is Cc1cc2ccc(C=O)cc2n1C(C)C. The van der Waals surface area contributed by atoms with Crippen molar-refractivity contribution in [1.29, 1.82) is 0 Å². The molecule has 0 bridgehead atoms. The molecule has 0 unspecified atom stereocenters. The Morgan fingerprint density at radius 2 is 2.00 bits per heavy atom. The second-order valence-electron chi connectivity index (χ2n) is 4.19. The molecule has 1 heterocycles. The normalized spacial score (nSPS) is 11.2. The third kappa shape index (κ3) is 1.56. The Morgan fingerprint density at radius 3 is 2.60 bits per heavy atom. The van der Waals surface area contributed by atoms with Crippen molar-refractivity contribution in [1.82, 2.24) is 4.57 Å². The van der Waals surface area contributed by atoms with E-state index in [0.29, 0.717) is 6.04 Å². The van der Waals surface area contributed by atoms with E-state index in [2.05, 4.69) is 31.4 Å². The van der Waals surface area contributed by atoms with Crippen LogP contribution in [0.25, 0.3) is 10.9 Å². The topological polar surface area (TPSA) is 22.0 Å². The van der Waals surface area contributed by atoms with Crippen molar-refractivity contribution in [3.05, 3.63) is 35.5 Å². The highest BCUT2D eigenvalue weighted by molar-refractivity contribution is 5.88. The average Bonchev–Trinajstić information content (AvgIpc) is 2.52. The highest BCUT2D eigenvalue weighted by atomic mass is 16.1. The Balaban J connectivity index is 2.77. The minimum atomic E-state index is 0.421. The number of benzene rings is 1. The fourth-order valence-corrected chi connectivity index (χ4v) is 2.13. The smallest absolute Gasteiger partial charge is 0.150 e. The zero-order chi connectivity index (χ0) is 11.0. The van der Waals surface area contributed by atoms with E-state index in [4.69, 9.17) is 0 Å². The molecule has 0 saturated carbocycles. The van der Waals surface area contributed by atoms with Crippen LogP contribution in [0.1, 0.15) is 35.9 Å². The lowest BCUT2D eigenvalue weighted by molar-refractivity contribution is 0.112. The number of nitrogens with zero attached hydrogens (tertiary/aromatic N) is 1. The quantitative estimate of drug-likeness (QED) is 0.683. The minimum Gasteiger partial charge on any atom is -0.342 e. The number of hydrogen-bond donors (Lipinski definition) is 0. The Kier molecular flexibility index (Phi) is 2.35. The van der Waals surface area contributed by atoms with Crippen LogP contribution in [0.3, 0.4) is 0 Å². The summed E-state index contributed by atoms with van der Waals surface area (Å²) in [6.07, 6.45) is 0.895. The van der Waals surface area contributed by atoms with Gasteiger partial charge in [-0.3, -0.25) is 4.79 Å². The lowest BCUT2D eigenvalue weighted by Crippen LogP contribution is -2.02. The van der Waals surface area contributed by atoms with Crippen molar-refractivity contribution in [3.8, 4) is 0 Å². The molecule has 2 rings (SSSR count). The summed E-state index contributed by atoms with van der Waals surface area (Å²) >= 11 is 0. The van der Waals surface area contributed by atoms with E-state index in [1.54, 1.807) is 0 Å². The van der Waals surface area contributed by atoms with E-state index in [0.717, 1.165) is 17.4 Å². The maximum atomic E-state index is 10.7. The summed E-state index contributed by atoms with van der Waals surface area (Å²) in [7, 11) is 0. The van der Waals surface area contributed by atoms with Gasteiger partial charge < -0.3 is 4.57 Å². The first-order chi connectivity index (χ1) is 7.13. The number of fused-ring (bicyclic) bond motifs is 1. The Bertz CT molecular complexity index is 508. The summed E-state index contributed by atoms with van der Waals surface area (Å²) in [5, 5.41) is 1.20. The molecule has 0 atom stereocenters. The Labute approximate surface area is 89.5 Å². The van der Waals surface area contributed by atoms with Crippen molar-refractivity contribution in [3.63, 3.8) is 0 Å². The molecular formula is C13H15NO. The van der Waals surface area contributed by atoms with Crippen molar-refractivity contribution >= 4 is 17.2 Å². The Morgan fingerprint density at radius 1 is 1.27 bits per heavy atom. The molecule has 0 aliphatic rings. The van der Waals surface area contributed by atoms with Crippen molar-refractivity contribution in [2.45, 2.75) is 26.8 Å². The molecule has 0 saturated heterocycles. The van der Waals surface area contributed by atoms with Crippen LogP contribution in [0.4, 0.5) is 0 Å². The summed E-state index contributed by atoms with van der Waals surface area (Å²) in [6.45, 7) is 6.40. The third-order valence-electron chi connectivity index (χ3n) is 2.71. The van der Waals surface area contributed by atoms with Gasteiger partial charge in [0, 0.05) is 22.8 Å². The monoisotopic (exact) mass is 201 g/mol. The van der Waals surface area contributed by atoms with Crippen molar-refractivity contribution in [2.75, 3.05) is 0 Å². The summed E-state index contributed by atoms with van der Waals surface area (Å²) in [5.74, 6) is 0. The molecule has 78 valence electrons. The zero-order valence-electron chi connectivity index (χ0n) is 9.32. The number of carbonyl (C=O) groups excluding carboxylic acids is 1. The van der Waals surface area contributed by atoms with Gasteiger partial charge in [0.25, 0.3) is 0 Å². The predicted molar refractivity (Wildman–Crippen MR) is 62.4 cm³/mol. The molecule has 15 heavy (non-hydrogen) atoms. The number of carbonyl (C=O) groups is 1. The Hall–Kier alpha value is -1.57. The van der Waals surface area contributed by atoms with Crippen LogP contribution < -0.4 is 0 Å². The molecule has 2 heteroatoms. The average molecular weight is 201 g/mol. The predicted octanol–water partition coefficient (Wildman–Crippen LogP) is 3.34. The standard InChI is InChI=1S/C13H15NO/c1-9(2)14-10(3)6-12-5-4-11(8-15)7-13(12)14/h4-9H,1-3H3. The van der Waals surface area contributed by atoms with E-state index in [-0.39, 0.29) is 0 Å². The highest BCUT2D eigenvalue weighted by Crippen LogP contribution is 2.24. The van der Waals surface area contributed by atoms with Crippen LogP contribution in [0, 0.1) is 6.92 Å². The molecular weight excluding hydrogens is 186 g/mol. The molecule has 0 spiro atoms. The van der Waals surface area contributed by atoms with Crippen LogP contribution >= 0.6 is 0 Å². The van der Waals surface area contributed by atoms with E-state index in [1.165, 1.54) is 11.1 Å². The number of aromatic nitrogens is 1. The molecule has 0 radical (unpaired) electrons. The molecule has 0 aliphatic heterocycles. The summed E-state index contributed by atoms with van der Waals surface area (Å²) in [5.41, 5.74) is 3.12. The summed E-state index contributed by atoms with van der Waals surface area (Å²) < 4.78 is 2.25. The van der Waals surface area contributed by atoms with E-state index in [9.17, 15) is 4.79 Å². The molecule has 1 aromatic carbocycles. The first-order valence-corrected chi connectivity index (χ1v) is 5.20. The fourth-order valence-electron chi connectivity index (χ4n) is 2.13. The van der Waals surface area contributed by atoms with Gasteiger partial charge in [0.2, 0.25) is 0 Å².